The van der Waals surface area contributed by atoms with Crippen LogP contribution >= 0.6 is 0 Å². The molecule has 0 rings (SSSR count). The van der Waals surface area contributed by atoms with Crippen molar-refractivity contribution < 1.29 is 29.3 Å². The van der Waals surface area contributed by atoms with Crippen molar-refractivity contribution in [3.63, 3.8) is 0 Å². The zero-order valence-corrected chi connectivity index (χ0v) is 30.6. The molecule has 47 heavy (non-hydrogen) atoms. The molecule has 6 heteroatoms. The predicted molar refractivity (Wildman–Crippen MR) is 197 cm³/mol. The normalized spacial score (nSPS) is 13.5. The van der Waals surface area contributed by atoms with Gasteiger partial charge in [-0.1, -0.05) is 140 Å². The van der Waals surface area contributed by atoms with E-state index in [1.165, 1.54) is 64.2 Å². The molecule has 2 N–H and O–H groups in total. The first kappa shape index (κ1) is 44.8. The molecule has 0 aromatic heterocycles. The molecule has 0 aromatic rings. The van der Waals surface area contributed by atoms with Crippen LogP contribution in [0.15, 0.2) is 48.6 Å². The first-order valence-electron chi connectivity index (χ1n) is 19.1. The Labute approximate surface area is 289 Å². The van der Waals surface area contributed by atoms with Gasteiger partial charge in [0.25, 0.3) is 0 Å². The number of aliphatic hydroxyl groups is 2. The van der Waals surface area contributed by atoms with E-state index < -0.39 is 6.10 Å². The maximum atomic E-state index is 12.1. The van der Waals surface area contributed by atoms with Crippen molar-refractivity contribution in [2.75, 3.05) is 13.2 Å². The smallest absolute Gasteiger partial charge is 0.306 e. The van der Waals surface area contributed by atoms with Crippen molar-refractivity contribution in [1.29, 1.82) is 0 Å². The van der Waals surface area contributed by atoms with E-state index in [1.807, 2.05) is 6.92 Å². The molecule has 0 heterocycles. The summed E-state index contributed by atoms with van der Waals surface area (Å²) in [5, 5.41) is 18.8. The van der Waals surface area contributed by atoms with E-state index in [1.54, 1.807) is 0 Å². The molecular formula is C41H72O6. The van der Waals surface area contributed by atoms with Gasteiger partial charge in [0.15, 0.2) is 6.10 Å². The van der Waals surface area contributed by atoms with E-state index in [4.69, 9.17) is 9.47 Å². The van der Waals surface area contributed by atoms with Gasteiger partial charge in [0, 0.05) is 12.8 Å². The number of hydrogen-bond acceptors (Lipinski definition) is 6. The minimum Gasteiger partial charge on any atom is -0.462 e. The molecule has 0 amide bonds. The van der Waals surface area contributed by atoms with Crippen LogP contribution < -0.4 is 0 Å². The number of hydrogen-bond donors (Lipinski definition) is 2. The highest BCUT2D eigenvalue weighted by molar-refractivity contribution is 5.70. The van der Waals surface area contributed by atoms with E-state index in [0.29, 0.717) is 12.8 Å². The highest BCUT2D eigenvalue weighted by atomic mass is 16.6. The molecule has 6 nitrogen and oxygen atoms in total. The first-order chi connectivity index (χ1) is 22.8. The van der Waals surface area contributed by atoms with Gasteiger partial charge < -0.3 is 19.7 Å². The van der Waals surface area contributed by atoms with E-state index >= 15 is 0 Å². The molecule has 0 aromatic carbocycles. The SMILES string of the molecule is CC(C)CCCCCCCCCCCCCCC(=O)OC[C@H](CO)OC(=O)CCC/C=C\C/C=C\C/C=C\C/C=C\CCC[C@H](C)O. The van der Waals surface area contributed by atoms with E-state index in [2.05, 4.69) is 62.5 Å². The third-order valence-electron chi connectivity index (χ3n) is 8.07. The van der Waals surface area contributed by atoms with Crippen molar-refractivity contribution in [2.45, 2.75) is 181 Å². The van der Waals surface area contributed by atoms with Gasteiger partial charge in [-0.25, -0.2) is 0 Å². The minimum absolute atomic E-state index is 0.0955. The molecule has 2 atom stereocenters. The summed E-state index contributed by atoms with van der Waals surface area (Å²) in [6.45, 7) is 5.98. The topological polar surface area (TPSA) is 93.1 Å². The zero-order valence-electron chi connectivity index (χ0n) is 30.6. The Morgan fingerprint density at radius 1 is 0.553 bits per heavy atom. The molecule has 272 valence electrons. The van der Waals surface area contributed by atoms with Crippen molar-refractivity contribution in [2.24, 2.45) is 5.92 Å². The summed E-state index contributed by atoms with van der Waals surface area (Å²) in [6.07, 6.45) is 40.2. The maximum absolute atomic E-state index is 12.1. The van der Waals surface area contributed by atoms with E-state index in [-0.39, 0.29) is 37.7 Å². The Hall–Kier alpha value is -2.18. The summed E-state index contributed by atoms with van der Waals surface area (Å²) in [4.78, 5) is 24.2. The Balaban J connectivity index is 3.67. The molecule has 0 fully saturated rings. The zero-order chi connectivity index (χ0) is 34.6. The van der Waals surface area contributed by atoms with Crippen LogP contribution in [0.25, 0.3) is 0 Å². The molecule has 0 saturated carbocycles. The fraction of sp³-hybridized carbons (Fsp3) is 0.756. The molecule has 0 aliphatic rings. The van der Waals surface area contributed by atoms with Gasteiger partial charge in [0.2, 0.25) is 0 Å². The third-order valence-corrected chi connectivity index (χ3v) is 8.07. The van der Waals surface area contributed by atoms with Gasteiger partial charge in [-0.05, 0) is 70.6 Å². The molecule has 0 aliphatic heterocycles. The second-order valence-corrected chi connectivity index (χ2v) is 13.4. The van der Waals surface area contributed by atoms with Gasteiger partial charge in [-0.2, -0.15) is 0 Å². The number of allylic oxidation sites excluding steroid dienone is 8. The van der Waals surface area contributed by atoms with Crippen LogP contribution in [0.3, 0.4) is 0 Å². The maximum Gasteiger partial charge on any atom is 0.306 e. The lowest BCUT2D eigenvalue weighted by Gasteiger charge is -2.15. The van der Waals surface area contributed by atoms with E-state index in [0.717, 1.165) is 70.1 Å². The standard InChI is InChI=1S/C41H72O6/c1-37(2)31-27-23-19-15-11-9-10-13-17-21-25-29-33-40(44)46-36-39(35-42)47-41(45)34-30-26-22-18-14-8-6-4-5-7-12-16-20-24-28-32-38(3)43/h5-8,16,18,20,22,37-39,42-43H,4,9-15,17,19,21,23-36H2,1-3H3/b7-5-,8-6-,20-16-,22-18-/t38-,39-/m0/s1. The molecule has 0 bridgehead atoms. The average molecular weight is 661 g/mol. The number of unbranched alkanes of at least 4 members (excludes halogenated alkanes) is 13. The Morgan fingerprint density at radius 3 is 1.49 bits per heavy atom. The summed E-state index contributed by atoms with van der Waals surface area (Å²) < 4.78 is 10.5. The van der Waals surface area contributed by atoms with Crippen LogP contribution in [0.1, 0.15) is 168 Å². The predicted octanol–water partition coefficient (Wildman–Crippen LogP) is 10.7. The summed E-state index contributed by atoms with van der Waals surface area (Å²) in [6, 6.07) is 0. The van der Waals surface area contributed by atoms with Crippen molar-refractivity contribution >= 4 is 11.9 Å². The quantitative estimate of drug-likeness (QED) is 0.0413. The van der Waals surface area contributed by atoms with Crippen LogP contribution in [-0.4, -0.2) is 47.6 Å². The fourth-order valence-electron chi connectivity index (χ4n) is 5.16. The second kappa shape index (κ2) is 35.1. The summed E-state index contributed by atoms with van der Waals surface area (Å²) in [7, 11) is 0. The summed E-state index contributed by atoms with van der Waals surface area (Å²) in [5.41, 5.74) is 0. The van der Waals surface area contributed by atoms with Gasteiger partial charge in [0.05, 0.1) is 12.7 Å². The Morgan fingerprint density at radius 2 is 1.00 bits per heavy atom. The lowest BCUT2D eigenvalue weighted by atomic mass is 10.0. The van der Waals surface area contributed by atoms with Crippen molar-refractivity contribution in [1.82, 2.24) is 0 Å². The number of carbonyl (C=O) groups is 2. The van der Waals surface area contributed by atoms with Gasteiger partial charge in [-0.3, -0.25) is 9.59 Å². The van der Waals surface area contributed by atoms with Crippen molar-refractivity contribution in [3.05, 3.63) is 48.6 Å². The van der Waals surface area contributed by atoms with Crippen LogP contribution in [-0.2, 0) is 19.1 Å². The highest BCUT2D eigenvalue weighted by Crippen LogP contribution is 2.14. The largest absolute Gasteiger partial charge is 0.462 e. The fourth-order valence-corrected chi connectivity index (χ4v) is 5.16. The minimum atomic E-state index is -0.807. The van der Waals surface area contributed by atoms with Crippen LogP contribution in [0.4, 0.5) is 0 Å². The average Bonchev–Trinajstić information content (AvgIpc) is 3.04. The number of aliphatic hydroxyl groups excluding tert-OH is 2. The van der Waals surface area contributed by atoms with Crippen LogP contribution in [0.5, 0.6) is 0 Å². The number of esters is 2. The second-order valence-electron chi connectivity index (χ2n) is 13.4. The molecular weight excluding hydrogens is 588 g/mol. The molecule has 0 aliphatic carbocycles. The monoisotopic (exact) mass is 661 g/mol. The molecule has 0 spiro atoms. The van der Waals surface area contributed by atoms with Gasteiger partial charge >= 0.3 is 11.9 Å². The van der Waals surface area contributed by atoms with Crippen LogP contribution in [0.2, 0.25) is 0 Å². The van der Waals surface area contributed by atoms with E-state index in [9.17, 15) is 19.8 Å². The van der Waals surface area contributed by atoms with Crippen LogP contribution in [0, 0.1) is 5.92 Å². The Bertz CT molecular complexity index is 826. The van der Waals surface area contributed by atoms with Gasteiger partial charge in [-0.15, -0.1) is 0 Å². The first-order valence-corrected chi connectivity index (χ1v) is 19.1. The number of carbonyl (C=O) groups excluding carboxylic acids is 2. The summed E-state index contributed by atoms with van der Waals surface area (Å²) >= 11 is 0. The molecule has 0 saturated heterocycles. The summed E-state index contributed by atoms with van der Waals surface area (Å²) in [5.74, 6) is 0.161. The van der Waals surface area contributed by atoms with Crippen molar-refractivity contribution in [3.8, 4) is 0 Å². The lowest BCUT2D eigenvalue weighted by molar-refractivity contribution is -0.161. The number of ether oxygens (including phenoxy) is 2. The Kier molecular flexibility index (Phi) is 33.5. The molecule has 0 radical (unpaired) electrons. The number of rotatable bonds is 33. The lowest BCUT2D eigenvalue weighted by Crippen LogP contribution is -2.28. The van der Waals surface area contributed by atoms with Gasteiger partial charge in [0.1, 0.15) is 6.61 Å². The third kappa shape index (κ3) is 36.5. The highest BCUT2D eigenvalue weighted by Gasteiger charge is 2.16. The molecule has 0 unspecified atom stereocenters.